The van der Waals surface area contributed by atoms with Gasteiger partial charge in [-0.3, -0.25) is 0 Å². The van der Waals surface area contributed by atoms with Crippen LogP contribution in [-0.4, -0.2) is 0 Å². The lowest BCUT2D eigenvalue weighted by Gasteiger charge is -2.37. The van der Waals surface area contributed by atoms with Crippen LogP contribution >= 0.6 is 0 Å². The van der Waals surface area contributed by atoms with Crippen LogP contribution in [0.4, 0.5) is 34.1 Å². The van der Waals surface area contributed by atoms with E-state index in [0.717, 1.165) is 22.7 Å². The molecule has 0 saturated carbocycles. The predicted octanol–water partition coefficient (Wildman–Crippen LogP) is 19.4. The monoisotopic (exact) mass is 885 g/mol. The van der Waals surface area contributed by atoms with Gasteiger partial charge in [-0.05, 0) is 127 Å². The highest BCUT2D eigenvalue weighted by atomic mass is 15.2. The molecule has 0 aliphatic heterocycles. The summed E-state index contributed by atoms with van der Waals surface area (Å²) in [5, 5.41) is 7.55. The van der Waals surface area contributed by atoms with Crippen LogP contribution < -0.4 is 9.80 Å². The number of hydrogen-bond donors (Lipinski definition) is 0. The molecule has 0 fully saturated rings. The predicted molar refractivity (Wildman–Crippen MR) is 296 cm³/mol. The fourth-order valence-electron chi connectivity index (χ4n) is 10.4. The van der Waals surface area contributed by atoms with E-state index in [0.29, 0.717) is 0 Å². The van der Waals surface area contributed by atoms with Crippen LogP contribution in [0, 0.1) is 13.8 Å². The third kappa shape index (κ3) is 8.00. The summed E-state index contributed by atoms with van der Waals surface area (Å²) in [4.78, 5) is 5.19. The van der Waals surface area contributed by atoms with Gasteiger partial charge < -0.3 is 9.80 Å². The Hall–Kier alpha value is -7.16. The standard InChI is InChI=1S/C66H64N2/c1-43-22-18-20-28-56(43)67(60-40-47(45-24-14-12-15-25-45)32-36-54(60)65(6,7)8)58-42-59(53-35-31-50-39-51(64(3,4)5)38-49-30-34-52(58)63(53)62(49)50)68(57-29-21-19-23-44(57)2)61-41-48(46-26-16-13-17-27-46)33-37-55(61)66(9,10)11/h12-42H,1-11H3. The molecule has 0 aliphatic rings. The molecule has 2 nitrogen and oxygen atoms in total. The van der Waals surface area contributed by atoms with Crippen molar-refractivity contribution in [2.75, 3.05) is 9.80 Å². The Labute approximate surface area is 404 Å². The van der Waals surface area contributed by atoms with Crippen molar-refractivity contribution in [1.29, 1.82) is 0 Å². The van der Waals surface area contributed by atoms with E-state index in [2.05, 4.69) is 274 Å². The number of nitrogens with zero attached hydrogens (tertiary/aromatic N) is 2. The largest absolute Gasteiger partial charge is 0.309 e. The van der Waals surface area contributed by atoms with E-state index in [1.807, 2.05) is 0 Å². The Morgan fingerprint density at radius 3 is 1.07 bits per heavy atom. The number of rotatable bonds is 8. The molecule has 0 aliphatic carbocycles. The van der Waals surface area contributed by atoms with E-state index in [1.165, 1.54) is 93.8 Å². The van der Waals surface area contributed by atoms with Gasteiger partial charge in [-0.15, -0.1) is 0 Å². The third-order valence-electron chi connectivity index (χ3n) is 14.0. The first-order chi connectivity index (χ1) is 32.5. The molecular formula is C66H64N2. The zero-order valence-corrected chi connectivity index (χ0v) is 41.8. The average molecular weight is 885 g/mol. The van der Waals surface area contributed by atoms with Gasteiger partial charge in [0.15, 0.2) is 0 Å². The van der Waals surface area contributed by atoms with Crippen molar-refractivity contribution in [1.82, 2.24) is 0 Å². The van der Waals surface area contributed by atoms with E-state index in [-0.39, 0.29) is 16.2 Å². The Morgan fingerprint density at radius 1 is 0.294 bits per heavy atom. The second-order valence-corrected chi connectivity index (χ2v) is 22.0. The summed E-state index contributed by atoms with van der Waals surface area (Å²) < 4.78 is 0. The summed E-state index contributed by atoms with van der Waals surface area (Å²) in [5.41, 5.74) is 17.7. The van der Waals surface area contributed by atoms with Gasteiger partial charge in [0, 0.05) is 27.5 Å². The molecule has 68 heavy (non-hydrogen) atoms. The Morgan fingerprint density at radius 2 is 0.691 bits per heavy atom. The smallest absolute Gasteiger partial charge is 0.0561 e. The van der Waals surface area contributed by atoms with E-state index in [9.17, 15) is 0 Å². The SMILES string of the molecule is Cc1ccccc1N(c1cc(-c2ccccc2)ccc1C(C)(C)C)c1cc(N(c2ccccc2C)c2cc(-c3ccccc3)ccc2C(C)(C)C)c2ccc3cc(C(C)(C)C)cc4ccc1c2c43. The maximum absolute atomic E-state index is 2.60. The van der Waals surface area contributed by atoms with Crippen molar-refractivity contribution < 1.29 is 0 Å². The van der Waals surface area contributed by atoms with Gasteiger partial charge in [0.05, 0.1) is 22.7 Å². The Bertz CT molecular complexity index is 3250. The number of hydrogen-bond acceptors (Lipinski definition) is 2. The lowest BCUT2D eigenvalue weighted by Crippen LogP contribution is -2.22. The second kappa shape index (κ2) is 16.9. The zero-order chi connectivity index (χ0) is 47.7. The summed E-state index contributed by atoms with van der Waals surface area (Å²) in [6, 6.07) is 70.8. The number of benzene rings is 10. The van der Waals surface area contributed by atoms with Crippen molar-refractivity contribution in [2.24, 2.45) is 0 Å². The van der Waals surface area contributed by atoms with Crippen molar-refractivity contribution in [2.45, 2.75) is 92.4 Å². The first-order valence-electron chi connectivity index (χ1n) is 24.3. The molecule has 0 amide bonds. The average Bonchev–Trinajstić information content (AvgIpc) is 3.32. The van der Waals surface area contributed by atoms with Crippen molar-refractivity contribution in [3.05, 3.63) is 216 Å². The first kappa shape index (κ1) is 44.7. The second-order valence-electron chi connectivity index (χ2n) is 22.0. The first-order valence-corrected chi connectivity index (χ1v) is 24.3. The Balaban J connectivity index is 1.41. The molecule has 10 aromatic carbocycles. The molecule has 0 spiro atoms. The minimum Gasteiger partial charge on any atom is -0.309 e. The van der Waals surface area contributed by atoms with Crippen molar-refractivity contribution >= 4 is 66.4 Å². The van der Waals surface area contributed by atoms with Crippen LogP contribution in [0.1, 0.15) is 90.1 Å². The summed E-state index contributed by atoms with van der Waals surface area (Å²) in [7, 11) is 0. The molecule has 0 heterocycles. The minimum atomic E-state index is -0.172. The van der Waals surface area contributed by atoms with Gasteiger partial charge in [0.1, 0.15) is 0 Å². The van der Waals surface area contributed by atoms with Crippen LogP contribution in [0.15, 0.2) is 188 Å². The molecule has 0 bridgehead atoms. The fraction of sp³-hybridized carbons (Fsp3) is 0.212. The molecule has 10 aromatic rings. The van der Waals surface area contributed by atoms with Crippen molar-refractivity contribution in [3.8, 4) is 22.3 Å². The molecule has 0 saturated heterocycles. The molecular weight excluding hydrogens is 821 g/mol. The fourth-order valence-corrected chi connectivity index (χ4v) is 10.4. The number of aryl methyl sites for hydroxylation is 2. The van der Waals surface area contributed by atoms with E-state index in [4.69, 9.17) is 0 Å². The topological polar surface area (TPSA) is 6.48 Å². The maximum atomic E-state index is 2.60. The number of anilines is 6. The highest BCUT2D eigenvalue weighted by Crippen LogP contribution is 2.54. The zero-order valence-electron chi connectivity index (χ0n) is 41.8. The van der Waals surface area contributed by atoms with Gasteiger partial charge in [-0.2, -0.15) is 0 Å². The highest BCUT2D eigenvalue weighted by molar-refractivity contribution is 6.29. The lowest BCUT2D eigenvalue weighted by molar-refractivity contribution is 0.591. The Kier molecular flexibility index (Phi) is 11.1. The van der Waals surface area contributed by atoms with Crippen molar-refractivity contribution in [3.63, 3.8) is 0 Å². The van der Waals surface area contributed by atoms with E-state index < -0.39 is 0 Å². The normalized spacial score (nSPS) is 12.3. The summed E-state index contributed by atoms with van der Waals surface area (Å²) in [6.45, 7) is 25.6. The molecule has 0 aromatic heterocycles. The molecule has 0 unspecified atom stereocenters. The molecule has 338 valence electrons. The van der Waals surface area contributed by atoms with Crippen LogP contribution in [0.2, 0.25) is 0 Å². The molecule has 10 rings (SSSR count). The van der Waals surface area contributed by atoms with Gasteiger partial charge in [-0.25, -0.2) is 0 Å². The molecule has 0 N–H and O–H groups in total. The van der Waals surface area contributed by atoms with Crippen LogP contribution in [0.3, 0.4) is 0 Å². The molecule has 0 radical (unpaired) electrons. The van der Waals surface area contributed by atoms with E-state index in [1.54, 1.807) is 0 Å². The van der Waals surface area contributed by atoms with Crippen LogP contribution in [0.5, 0.6) is 0 Å². The number of para-hydroxylation sites is 2. The summed E-state index contributed by atoms with van der Waals surface area (Å²) >= 11 is 0. The van der Waals surface area contributed by atoms with E-state index >= 15 is 0 Å². The van der Waals surface area contributed by atoms with Crippen LogP contribution in [-0.2, 0) is 16.2 Å². The maximum Gasteiger partial charge on any atom is 0.0561 e. The van der Waals surface area contributed by atoms with Gasteiger partial charge >= 0.3 is 0 Å². The highest BCUT2D eigenvalue weighted by Gasteiger charge is 2.31. The summed E-state index contributed by atoms with van der Waals surface area (Å²) in [6.07, 6.45) is 0. The minimum absolute atomic E-state index is 0.00963. The van der Waals surface area contributed by atoms with Gasteiger partial charge in [-0.1, -0.05) is 220 Å². The quantitative estimate of drug-likeness (QED) is 0.140. The molecule has 2 heteroatoms. The summed E-state index contributed by atoms with van der Waals surface area (Å²) in [5.74, 6) is 0. The molecule has 0 atom stereocenters. The van der Waals surface area contributed by atoms with Gasteiger partial charge in [0.25, 0.3) is 0 Å². The third-order valence-corrected chi connectivity index (χ3v) is 14.0. The van der Waals surface area contributed by atoms with Crippen LogP contribution in [0.25, 0.3) is 54.6 Å². The lowest BCUT2D eigenvalue weighted by atomic mass is 9.82. The van der Waals surface area contributed by atoms with Gasteiger partial charge in [0.2, 0.25) is 0 Å².